The van der Waals surface area contributed by atoms with Gasteiger partial charge >= 0.3 is 5.97 Å². The Balaban J connectivity index is 1.71. The van der Waals surface area contributed by atoms with Crippen LogP contribution in [0.5, 0.6) is 0 Å². The minimum atomic E-state index is -0.752. The monoisotopic (exact) mass is 281 g/mol. The van der Waals surface area contributed by atoms with Gasteiger partial charge in [0.05, 0.1) is 6.04 Å². The first kappa shape index (κ1) is 13.7. The van der Waals surface area contributed by atoms with E-state index >= 15 is 0 Å². The van der Waals surface area contributed by atoms with Gasteiger partial charge < -0.3 is 10.4 Å². The summed E-state index contributed by atoms with van der Waals surface area (Å²) in [6.07, 6.45) is 2.98. The van der Waals surface area contributed by atoms with E-state index in [0.29, 0.717) is 12.5 Å². The number of carboxylic acid groups (broad SMARTS) is 1. The van der Waals surface area contributed by atoms with E-state index in [9.17, 15) is 4.79 Å². The zero-order chi connectivity index (χ0) is 14.7. The van der Waals surface area contributed by atoms with Gasteiger partial charge in [0.15, 0.2) is 0 Å². The predicted octanol–water partition coefficient (Wildman–Crippen LogP) is 3.80. The molecule has 0 saturated heterocycles. The molecule has 0 radical (unpaired) electrons. The minimum absolute atomic E-state index is 0.176. The average Bonchev–Trinajstić information content (AvgIpc) is 2.89. The molecule has 3 nitrogen and oxygen atoms in total. The standard InChI is InChI=1S/C18H19NO2/c20-18(21)11-8-13-4-3-6-15(12-13)19-17-10-9-14-5-1-2-7-16(14)17/h1-7,12,17,19H,8-11H2,(H,20,21). The van der Waals surface area contributed by atoms with E-state index in [1.807, 2.05) is 18.2 Å². The Morgan fingerprint density at radius 2 is 2.05 bits per heavy atom. The van der Waals surface area contributed by atoms with Crippen molar-refractivity contribution in [3.05, 3.63) is 65.2 Å². The Bertz CT molecular complexity index is 651. The highest BCUT2D eigenvalue weighted by Gasteiger charge is 2.21. The van der Waals surface area contributed by atoms with Crippen molar-refractivity contribution in [3.63, 3.8) is 0 Å². The summed E-state index contributed by atoms with van der Waals surface area (Å²) in [5.41, 5.74) is 4.94. The lowest BCUT2D eigenvalue weighted by atomic mass is 10.1. The Labute approximate surface area is 124 Å². The van der Waals surface area contributed by atoms with E-state index in [0.717, 1.165) is 24.1 Å². The summed E-state index contributed by atoms with van der Waals surface area (Å²) in [4.78, 5) is 10.7. The molecule has 1 aliphatic carbocycles. The molecule has 0 saturated carbocycles. The molecule has 21 heavy (non-hydrogen) atoms. The van der Waals surface area contributed by atoms with Gasteiger partial charge in [0.2, 0.25) is 0 Å². The number of aryl methyl sites for hydroxylation is 2. The molecule has 1 unspecified atom stereocenters. The summed E-state index contributed by atoms with van der Waals surface area (Å²) in [7, 11) is 0. The van der Waals surface area contributed by atoms with Crippen molar-refractivity contribution in [2.75, 3.05) is 5.32 Å². The van der Waals surface area contributed by atoms with Gasteiger partial charge in [-0.2, -0.15) is 0 Å². The van der Waals surface area contributed by atoms with Crippen LogP contribution in [0.25, 0.3) is 0 Å². The molecule has 3 rings (SSSR count). The quantitative estimate of drug-likeness (QED) is 0.876. The molecule has 0 aliphatic heterocycles. The predicted molar refractivity (Wildman–Crippen MR) is 83.5 cm³/mol. The van der Waals surface area contributed by atoms with Crippen LogP contribution in [0.3, 0.4) is 0 Å². The number of carboxylic acids is 1. The number of carbonyl (C=O) groups is 1. The Morgan fingerprint density at radius 3 is 2.90 bits per heavy atom. The summed E-state index contributed by atoms with van der Waals surface area (Å²) in [5.74, 6) is -0.752. The highest BCUT2D eigenvalue weighted by Crippen LogP contribution is 2.33. The molecule has 1 atom stereocenters. The van der Waals surface area contributed by atoms with Crippen molar-refractivity contribution in [2.45, 2.75) is 31.7 Å². The van der Waals surface area contributed by atoms with Crippen molar-refractivity contribution >= 4 is 11.7 Å². The SMILES string of the molecule is O=C(O)CCc1cccc(NC2CCc3ccccc32)c1. The van der Waals surface area contributed by atoms with E-state index in [4.69, 9.17) is 5.11 Å². The van der Waals surface area contributed by atoms with Crippen molar-refractivity contribution in [1.82, 2.24) is 0 Å². The number of hydrogen-bond donors (Lipinski definition) is 2. The number of fused-ring (bicyclic) bond motifs is 1. The molecule has 2 N–H and O–H groups in total. The number of hydrogen-bond acceptors (Lipinski definition) is 2. The molecule has 3 heteroatoms. The van der Waals surface area contributed by atoms with Crippen molar-refractivity contribution in [3.8, 4) is 0 Å². The van der Waals surface area contributed by atoms with Crippen molar-refractivity contribution in [1.29, 1.82) is 0 Å². The summed E-state index contributed by atoms with van der Waals surface area (Å²) in [6, 6.07) is 17.0. The van der Waals surface area contributed by atoms with E-state index in [2.05, 4.69) is 35.6 Å². The molecular formula is C18H19NO2. The van der Waals surface area contributed by atoms with Crippen molar-refractivity contribution < 1.29 is 9.90 Å². The van der Waals surface area contributed by atoms with E-state index in [-0.39, 0.29) is 6.42 Å². The second-order valence-electron chi connectivity index (χ2n) is 5.53. The van der Waals surface area contributed by atoms with Gasteiger partial charge in [-0.15, -0.1) is 0 Å². The fourth-order valence-corrected chi connectivity index (χ4v) is 2.98. The summed E-state index contributed by atoms with van der Waals surface area (Å²) < 4.78 is 0. The van der Waals surface area contributed by atoms with Crippen LogP contribution in [0.1, 0.15) is 35.6 Å². The third kappa shape index (κ3) is 3.24. The summed E-state index contributed by atoms with van der Waals surface area (Å²) in [5, 5.41) is 12.3. The average molecular weight is 281 g/mol. The lowest BCUT2D eigenvalue weighted by Gasteiger charge is -2.16. The molecule has 0 aromatic heterocycles. The first-order valence-corrected chi connectivity index (χ1v) is 7.37. The third-order valence-corrected chi connectivity index (χ3v) is 4.03. The normalized spacial score (nSPS) is 16.5. The number of aliphatic carboxylic acids is 1. The van der Waals surface area contributed by atoms with Crippen LogP contribution >= 0.6 is 0 Å². The van der Waals surface area contributed by atoms with Crippen LogP contribution < -0.4 is 5.32 Å². The van der Waals surface area contributed by atoms with Gasteiger partial charge in [-0.3, -0.25) is 4.79 Å². The third-order valence-electron chi connectivity index (χ3n) is 4.03. The van der Waals surface area contributed by atoms with E-state index < -0.39 is 5.97 Å². The molecule has 2 aromatic carbocycles. The second-order valence-corrected chi connectivity index (χ2v) is 5.53. The van der Waals surface area contributed by atoms with Crippen LogP contribution in [-0.4, -0.2) is 11.1 Å². The van der Waals surface area contributed by atoms with E-state index in [1.54, 1.807) is 0 Å². The fourth-order valence-electron chi connectivity index (χ4n) is 2.98. The maximum atomic E-state index is 10.7. The maximum absolute atomic E-state index is 10.7. The van der Waals surface area contributed by atoms with Crippen LogP contribution in [0.2, 0.25) is 0 Å². The first-order chi connectivity index (χ1) is 10.2. The first-order valence-electron chi connectivity index (χ1n) is 7.37. The highest BCUT2D eigenvalue weighted by molar-refractivity contribution is 5.67. The molecule has 2 aromatic rings. The second kappa shape index (κ2) is 6.00. The van der Waals surface area contributed by atoms with Crippen LogP contribution in [0.4, 0.5) is 5.69 Å². The highest BCUT2D eigenvalue weighted by atomic mass is 16.4. The molecule has 0 spiro atoms. The van der Waals surface area contributed by atoms with E-state index in [1.165, 1.54) is 11.1 Å². The molecule has 0 bridgehead atoms. The van der Waals surface area contributed by atoms with Crippen LogP contribution in [0.15, 0.2) is 48.5 Å². The molecule has 0 fully saturated rings. The van der Waals surface area contributed by atoms with Crippen LogP contribution in [-0.2, 0) is 17.6 Å². The molecule has 0 amide bonds. The smallest absolute Gasteiger partial charge is 0.303 e. The molecule has 108 valence electrons. The molecule has 1 aliphatic rings. The summed E-state index contributed by atoms with van der Waals surface area (Å²) >= 11 is 0. The van der Waals surface area contributed by atoms with Crippen LogP contribution in [0, 0.1) is 0 Å². The minimum Gasteiger partial charge on any atom is -0.481 e. The maximum Gasteiger partial charge on any atom is 0.303 e. The number of nitrogens with one attached hydrogen (secondary N) is 1. The number of benzene rings is 2. The van der Waals surface area contributed by atoms with Gasteiger partial charge in [0.1, 0.15) is 0 Å². The van der Waals surface area contributed by atoms with Gasteiger partial charge in [0.25, 0.3) is 0 Å². The zero-order valence-electron chi connectivity index (χ0n) is 11.9. The van der Waals surface area contributed by atoms with Crippen molar-refractivity contribution in [2.24, 2.45) is 0 Å². The van der Waals surface area contributed by atoms with Gasteiger partial charge in [-0.05, 0) is 48.1 Å². The zero-order valence-corrected chi connectivity index (χ0v) is 11.9. The topological polar surface area (TPSA) is 49.3 Å². The lowest BCUT2D eigenvalue weighted by molar-refractivity contribution is -0.136. The number of rotatable bonds is 5. The lowest BCUT2D eigenvalue weighted by Crippen LogP contribution is -2.07. The Hall–Kier alpha value is -2.29. The van der Waals surface area contributed by atoms with Gasteiger partial charge in [-0.25, -0.2) is 0 Å². The summed E-state index contributed by atoms with van der Waals surface area (Å²) in [6.45, 7) is 0. The largest absolute Gasteiger partial charge is 0.481 e. The fraction of sp³-hybridized carbons (Fsp3) is 0.278. The molecular weight excluding hydrogens is 262 g/mol. The van der Waals surface area contributed by atoms with Gasteiger partial charge in [0, 0.05) is 12.1 Å². The Kier molecular flexibility index (Phi) is 3.91. The Morgan fingerprint density at radius 1 is 1.19 bits per heavy atom. The molecule has 0 heterocycles. The van der Waals surface area contributed by atoms with Gasteiger partial charge in [-0.1, -0.05) is 36.4 Å². The number of anilines is 1.